The van der Waals surface area contributed by atoms with Crippen molar-refractivity contribution in [1.29, 1.82) is 0 Å². The summed E-state index contributed by atoms with van der Waals surface area (Å²) in [4.78, 5) is 19.7. The van der Waals surface area contributed by atoms with Gasteiger partial charge < -0.3 is 15.9 Å². The number of nitrogens with one attached hydrogen (secondary N) is 1. The van der Waals surface area contributed by atoms with Crippen LogP contribution >= 0.6 is 7.82 Å². The fourth-order valence-electron chi connectivity index (χ4n) is 1.23. The summed E-state index contributed by atoms with van der Waals surface area (Å²) in [6.07, 6.45) is 3.37. The topological polar surface area (TPSA) is 111 Å². The third-order valence-electron chi connectivity index (χ3n) is 2.07. The van der Waals surface area contributed by atoms with Gasteiger partial charge in [0.15, 0.2) is 0 Å². The van der Waals surface area contributed by atoms with E-state index in [1.807, 2.05) is 0 Å². The van der Waals surface area contributed by atoms with Crippen molar-refractivity contribution in [1.82, 2.24) is 5.32 Å². The summed E-state index contributed by atoms with van der Waals surface area (Å²) in [6.45, 7) is 2.50. The van der Waals surface area contributed by atoms with Gasteiger partial charge in [-0.05, 0) is 12.8 Å². The molecule has 1 unspecified atom stereocenters. The highest BCUT2D eigenvalue weighted by molar-refractivity contribution is 7.47. The molecule has 0 saturated carbocycles. The highest BCUT2D eigenvalue weighted by Crippen LogP contribution is 2.42. The van der Waals surface area contributed by atoms with Gasteiger partial charge in [-0.25, -0.2) is 4.57 Å². The monoisotopic (exact) mass is 282 g/mol. The number of carbonyl (C=O) groups excluding carboxylic acids is 1. The molecule has 0 heterocycles. The molecule has 0 saturated heterocycles. The predicted molar refractivity (Wildman–Crippen MR) is 67.9 cm³/mol. The predicted octanol–water partition coefficient (Wildman–Crippen LogP) is 0.775. The molecule has 8 heteroatoms. The zero-order chi connectivity index (χ0) is 13.9. The van der Waals surface area contributed by atoms with Crippen LogP contribution in [0.2, 0.25) is 0 Å². The molecular formula is C10H23N2O5P. The van der Waals surface area contributed by atoms with Gasteiger partial charge in [0, 0.05) is 20.0 Å². The molecular weight excluding hydrogens is 259 g/mol. The lowest BCUT2D eigenvalue weighted by atomic mass is 10.2. The molecule has 4 N–H and O–H groups in total. The van der Waals surface area contributed by atoms with Gasteiger partial charge in [0.05, 0.1) is 13.2 Å². The van der Waals surface area contributed by atoms with Crippen molar-refractivity contribution in [2.45, 2.75) is 32.6 Å². The van der Waals surface area contributed by atoms with Gasteiger partial charge in [-0.3, -0.25) is 13.8 Å². The fraction of sp³-hybridized carbons (Fsp3) is 0.900. The van der Waals surface area contributed by atoms with Crippen molar-refractivity contribution in [2.24, 2.45) is 5.73 Å². The second-order valence-electron chi connectivity index (χ2n) is 3.82. The Morgan fingerprint density at radius 3 is 2.44 bits per heavy atom. The molecule has 0 aliphatic rings. The molecule has 0 fully saturated rings. The highest BCUT2D eigenvalue weighted by atomic mass is 31.2. The van der Waals surface area contributed by atoms with E-state index in [1.165, 1.54) is 6.92 Å². The normalized spacial score (nSPS) is 14.2. The third-order valence-corrected chi connectivity index (χ3v) is 3.09. The van der Waals surface area contributed by atoms with E-state index in [0.717, 1.165) is 19.3 Å². The standard InChI is InChI=1S/C10H23N2O5P/c1-10(13)12-7-4-2-3-5-8-16-18(14,15)17-9-6-11/h2-9,11H2,1H3,(H,12,13)(H,14,15). The number of phosphoric ester groups is 1. The Morgan fingerprint density at radius 2 is 1.83 bits per heavy atom. The maximum Gasteiger partial charge on any atom is 0.472 e. The Bertz CT molecular complexity index is 275. The van der Waals surface area contributed by atoms with Gasteiger partial charge in [0.25, 0.3) is 0 Å². The second kappa shape index (κ2) is 10.5. The van der Waals surface area contributed by atoms with E-state index in [0.29, 0.717) is 13.0 Å². The molecule has 0 aliphatic carbocycles. The Morgan fingerprint density at radius 1 is 1.22 bits per heavy atom. The van der Waals surface area contributed by atoms with Gasteiger partial charge in [0.2, 0.25) is 5.91 Å². The molecule has 108 valence electrons. The molecule has 1 atom stereocenters. The molecule has 7 nitrogen and oxygen atoms in total. The van der Waals surface area contributed by atoms with Gasteiger partial charge in [-0.1, -0.05) is 12.8 Å². The lowest BCUT2D eigenvalue weighted by molar-refractivity contribution is -0.118. The maximum absolute atomic E-state index is 11.2. The van der Waals surface area contributed by atoms with E-state index in [-0.39, 0.29) is 25.7 Å². The lowest BCUT2D eigenvalue weighted by Gasteiger charge is -2.11. The smallest absolute Gasteiger partial charge is 0.356 e. The molecule has 0 aromatic heterocycles. The highest BCUT2D eigenvalue weighted by Gasteiger charge is 2.19. The molecule has 1 amide bonds. The van der Waals surface area contributed by atoms with Crippen molar-refractivity contribution in [3.63, 3.8) is 0 Å². The van der Waals surface area contributed by atoms with Crippen LogP contribution in [0.1, 0.15) is 32.6 Å². The minimum Gasteiger partial charge on any atom is -0.356 e. The quantitative estimate of drug-likeness (QED) is 0.381. The first-order valence-electron chi connectivity index (χ1n) is 6.04. The zero-order valence-corrected chi connectivity index (χ0v) is 11.7. The van der Waals surface area contributed by atoms with Crippen LogP contribution in [0.25, 0.3) is 0 Å². The Labute approximate surface area is 108 Å². The third kappa shape index (κ3) is 12.0. The van der Waals surface area contributed by atoms with Crippen LogP contribution in [0.15, 0.2) is 0 Å². The second-order valence-corrected chi connectivity index (χ2v) is 5.27. The minimum absolute atomic E-state index is 0.00446. The number of phosphoric acid groups is 1. The van der Waals surface area contributed by atoms with Gasteiger partial charge >= 0.3 is 7.82 Å². The number of hydrogen-bond donors (Lipinski definition) is 3. The van der Waals surface area contributed by atoms with E-state index in [1.54, 1.807) is 0 Å². The van der Waals surface area contributed by atoms with Crippen molar-refractivity contribution in [3.05, 3.63) is 0 Å². The average Bonchev–Trinajstić information content (AvgIpc) is 2.29. The summed E-state index contributed by atoms with van der Waals surface area (Å²) in [5.41, 5.74) is 5.14. The number of rotatable bonds is 11. The summed E-state index contributed by atoms with van der Waals surface area (Å²) in [6, 6.07) is 0. The van der Waals surface area contributed by atoms with Gasteiger partial charge in [-0.2, -0.15) is 0 Å². The molecule has 0 rings (SSSR count). The molecule has 18 heavy (non-hydrogen) atoms. The molecule has 0 aromatic carbocycles. The molecule has 0 bridgehead atoms. The van der Waals surface area contributed by atoms with Crippen LogP contribution in [0.5, 0.6) is 0 Å². The van der Waals surface area contributed by atoms with Crippen LogP contribution < -0.4 is 11.1 Å². The summed E-state index contributed by atoms with van der Waals surface area (Å²) in [5, 5.41) is 2.70. The van der Waals surface area contributed by atoms with E-state index in [2.05, 4.69) is 9.84 Å². The fourth-order valence-corrected chi connectivity index (χ4v) is 2.00. The van der Waals surface area contributed by atoms with Crippen LogP contribution in [-0.4, -0.2) is 37.1 Å². The van der Waals surface area contributed by atoms with Gasteiger partial charge in [0.1, 0.15) is 0 Å². The molecule has 0 aliphatic heterocycles. The largest absolute Gasteiger partial charge is 0.472 e. The summed E-state index contributed by atoms with van der Waals surface area (Å²) in [7, 11) is -3.92. The first-order valence-corrected chi connectivity index (χ1v) is 7.54. The van der Waals surface area contributed by atoms with Crippen LogP contribution in [-0.2, 0) is 18.4 Å². The first kappa shape index (κ1) is 17.5. The van der Waals surface area contributed by atoms with E-state index >= 15 is 0 Å². The number of unbranched alkanes of at least 4 members (excludes halogenated alkanes) is 3. The Hall–Kier alpha value is -0.460. The first-order chi connectivity index (χ1) is 8.48. The van der Waals surface area contributed by atoms with Crippen molar-refractivity contribution < 1.29 is 23.3 Å². The summed E-state index contributed by atoms with van der Waals surface area (Å²) < 4.78 is 20.5. The average molecular weight is 282 g/mol. The summed E-state index contributed by atoms with van der Waals surface area (Å²) in [5.74, 6) is -0.0309. The van der Waals surface area contributed by atoms with Crippen molar-refractivity contribution in [2.75, 3.05) is 26.3 Å². The zero-order valence-electron chi connectivity index (χ0n) is 10.8. The molecule has 0 spiro atoms. The number of amides is 1. The number of hydrogen-bond acceptors (Lipinski definition) is 5. The Balaban J connectivity index is 3.34. The summed E-state index contributed by atoms with van der Waals surface area (Å²) >= 11 is 0. The van der Waals surface area contributed by atoms with E-state index < -0.39 is 7.82 Å². The van der Waals surface area contributed by atoms with Crippen molar-refractivity contribution in [3.8, 4) is 0 Å². The van der Waals surface area contributed by atoms with Crippen LogP contribution in [0.4, 0.5) is 0 Å². The maximum atomic E-state index is 11.2. The molecule has 0 radical (unpaired) electrons. The van der Waals surface area contributed by atoms with Crippen LogP contribution in [0, 0.1) is 0 Å². The number of carbonyl (C=O) groups is 1. The molecule has 0 aromatic rings. The SMILES string of the molecule is CC(=O)NCCCCCCOP(=O)(O)OCCN. The van der Waals surface area contributed by atoms with Gasteiger partial charge in [-0.15, -0.1) is 0 Å². The Kier molecular flexibility index (Phi) is 10.2. The van der Waals surface area contributed by atoms with E-state index in [9.17, 15) is 9.36 Å². The van der Waals surface area contributed by atoms with Crippen LogP contribution in [0.3, 0.4) is 0 Å². The van der Waals surface area contributed by atoms with Crippen molar-refractivity contribution >= 4 is 13.7 Å². The lowest BCUT2D eigenvalue weighted by Crippen LogP contribution is -2.20. The van der Waals surface area contributed by atoms with E-state index in [4.69, 9.17) is 15.2 Å². The minimum atomic E-state index is -3.92. The number of nitrogens with two attached hydrogens (primary N) is 1.